The minimum absolute atomic E-state index is 0.0321. The summed E-state index contributed by atoms with van der Waals surface area (Å²) in [6.45, 7) is -1.54. The molecule has 0 saturated carbocycles. The average molecular weight is 621 g/mol. The number of phenolic OH excluding ortho intramolecular Hbond substituents is 2. The van der Waals surface area contributed by atoms with Crippen LogP contribution in [-0.4, -0.2) is 128 Å². The van der Waals surface area contributed by atoms with E-state index >= 15 is 0 Å². The van der Waals surface area contributed by atoms with Crippen molar-refractivity contribution in [3.8, 4) is 11.5 Å². The maximum absolute atomic E-state index is 12.8. The Morgan fingerprint density at radius 1 is 0.705 bits per heavy atom. The lowest BCUT2D eigenvalue weighted by Crippen LogP contribution is -2.65. The monoisotopic (exact) mass is 620 g/mol. The summed E-state index contributed by atoms with van der Waals surface area (Å²) in [7, 11) is 0. The van der Waals surface area contributed by atoms with Gasteiger partial charge in [-0.1, -0.05) is 36.4 Å². The fourth-order valence-electron chi connectivity index (χ4n) is 4.65. The number of carbonyl (C=O) groups is 1. The topological polar surface area (TPSA) is 225 Å². The van der Waals surface area contributed by atoms with Crippen molar-refractivity contribution in [3.05, 3.63) is 71.8 Å². The van der Waals surface area contributed by atoms with E-state index in [-0.39, 0.29) is 18.1 Å². The lowest BCUT2D eigenvalue weighted by molar-refractivity contribution is -0.359. The summed E-state index contributed by atoms with van der Waals surface area (Å²) in [6, 6.07) is 12.3. The van der Waals surface area contributed by atoms with Crippen LogP contribution < -0.4 is 0 Å². The van der Waals surface area contributed by atoms with E-state index in [4.69, 9.17) is 23.7 Å². The number of benzene rings is 2. The zero-order valence-corrected chi connectivity index (χ0v) is 23.4. The predicted octanol–water partition coefficient (Wildman–Crippen LogP) is -0.984. The van der Waals surface area contributed by atoms with Gasteiger partial charge in [0, 0.05) is 6.08 Å². The van der Waals surface area contributed by atoms with Crippen LogP contribution in [0.3, 0.4) is 0 Å². The fourth-order valence-corrected chi connectivity index (χ4v) is 4.65. The second-order valence-corrected chi connectivity index (χ2v) is 10.2. The van der Waals surface area contributed by atoms with Crippen molar-refractivity contribution in [2.75, 3.05) is 19.8 Å². The molecule has 2 aromatic rings. The van der Waals surface area contributed by atoms with E-state index in [1.807, 2.05) is 0 Å². The van der Waals surface area contributed by atoms with E-state index in [2.05, 4.69) is 0 Å². The van der Waals surface area contributed by atoms with Gasteiger partial charge in [0.15, 0.2) is 18.7 Å². The van der Waals surface area contributed by atoms with Gasteiger partial charge in [-0.05, 0) is 41.5 Å². The molecule has 0 amide bonds. The third kappa shape index (κ3) is 8.40. The van der Waals surface area contributed by atoms with Crippen molar-refractivity contribution in [2.45, 2.75) is 61.4 Å². The highest BCUT2D eigenvalue weighted by molar-refractivity contribution is 5.87. The second kappa shape index (κ2) is 15.5. The highest BCUT2D eigenvalue weighted by atomic mass is 16.7. The zero-order valence-electron chi connectivity index (χ0n) is 23.4. The lowest BCUT2D eigenvalue weighted by Gasteiger charge is -2.46. The highest BCUT2D eigenvalue weighted by Gasteiger charge is 2.52. The van der Waals surface area contributed by atoms with Crippen molar-refractivity contribution in [1.29, 1.82) is 0 Å². The summed E-state index contributed by atoms with van der Waals surface area (Å²) in [5.74, 6) is -0.788. The maximum Gasteiger partial charge on any atom is 0.331 e. The molecule has 44 heavy (non-hydrogen) atoms. The molecule has 8 N–H and O–H groups in total. The van der Waals surface area contributed by atoms with Crippen molar-refractivity contribution in [1.82, 2.24) is 0 Å². The molecule has 240 valence electrons. The van der Waals surface area contributed by atoms with Crippen LogP contribution >= 0.6 is 0 Å². The first-order chi connectivity index (χ1) is 21.1. The van der Waals surface area contributed by atoms with Crippen LogP contribution in [0.2, 0.25) is 0 Å². The van der Waals surface area contributed by atoms with E-state index in [0.29, 0.717) is 5.56 Å². The molecule has 0 aromatic heterocycles. The van der Waals surface area contributed by atoms with E-state index in [0.717, 1.165) is 11.6 Å². The van der Waals surface area contributed by atoms with E-state index < -0.39 is 80.6 Å². The molecule has 14 nitrogen and oxygen atoms in total. The Labute approximate surface area is 252 Å². The number of aliphatic hydroxyl groups is 6. The summed E-state index contributed by atoms with van der Waals surface area (Å²) >= 11 is 0. The molecule has 0 bridgehead atoms. The molecule has 2 heterocycles. The summed E-state index contributed by atoms with van der Waals surface area (Å²) in [4.78, 5) is 12.8. The largest absolute Gasteiger partial charge is 0.508 e. The van der Waals surface area contributed by atoms with Gasteiger partial charge in [-0.15, -0.1) is 0 Å². The number of aliphatic hydroxyl groups excluding tert-OH is 6. The van der Waals surface area contributed by atoms with Gasteiger partial charge >= 0.3 is 5.97 Å². The average Bonchev–Trinajstić information content (AvgIpc) is 3.02. The summed E-state index contributed by atoms with van der Waals surface area (Å²) < 4.78 is 28.1. The Morgan fingerprint density at radius 2 is 1.27 bits per heavy atom. The Morgan fingerprint density at radius 3 is 1.86 bits per heavy atom. The Balaban J connectivity index is 1.52. The fraction of sp³-hybridized carbons (Fsp3) is 0.433. The molecular formula is C30H36O14. The maximum atomic E-state index is 12.8. The molecule has 2 fully saturated rings. The molecule has 0 unspecified atom stereocenters. The smallest absolute Gasteiger partial charge is 0.331 e. The summed E-state index contributed by atoms with van der Waals surface area (Å²) in [5.41, 5.74) is 1.31. The molecule has 0 spiro atoms. The van der Waals surface area contributed by atoms with Crippen LogP contribution in [0.5, 0.6) is 11.5 Å². The first-order valence-electron chi connectivity index (χ1n) is 13.8. The molecule has 4 rings (SSSR count). The van der Waals surface area contributed by atoms with E-state index in [9.17, 15) is 45.6 Å². The Bertz CT molecular complexity index is 1250. The number of rotatable bonds is 11. The second-order valence-electron chi connectivity index (χ2n) is 10.2. The number of carbonyl (C=O) groups excluding carboxylic acids is 1. The first-order valence-corrected chi connectivity index (χ1v) is 13.8. The molecule has 14 heteroatoms. The molecule has 2 aliphatic heterocycles. The third-order valence-corrected chi connectivity index (χ3v) is 7.05. The quantitative estimate of drug-likeness (QED) is 0.112. The molecule has 0 aliphatic carbocycles. The summed E-state index contributed by atoms with van der Waals surface area (Å²) in [6.07, 6.45) is -10.1. The lowest BCUT2D eigenvalue weighted by atomic mass is 9.96. The minimum Gasteiger partial charge on any atom is -0.508 e. The van der Waals surface area contributed by atoms with E-state index in [1.54, 1.807) is 36.4 Å². The van der Waals surface area contributed by atoms with Crippen LogP contribution in [0, 0.1) is 0 Å². The molecular weight excluding hydrogens is 584 g/mol. The van der Waals surface area contributed by atoms with Crippen LogP contribution in [0.4, 0.5) is 0 Å². The standard InChI is InChI=1S/C30H36O14/c31-14-20-23(36)24(37)25(38)30(41-20)44-28-26(39)29(40-13-1-2-16-3-8-18(33)9-4-16)42-21(15-32)27(28)43-22(35)12-7-17-5-10-19(34)11-6-17/h1-12,20-21,23-34,36-39H,13-15H2/b2-1+,12-7+/t20-,21-,23-,24+,25-,26-,27-,28-,29-,30+/m1/s1. The first kappa shape index (κ1) is 33.5. The van der Waals surface area contributed by atoms with Crippen molar-refractivity contribution < 1.29 is 69.3 Å². The van der Waals surface area contributed by atoms with Crippen molar-refractivity contribution >= 4 is 18.1 Å². The molecule has 2 aliphatic rings. The van der Waals surface area contributed by atoms with Gasteiger partial charge in [-0.2, -0.15) is 0 Å². The number of esters is 1. The summed E-state index contributed by atoms with van der Waals surface area (Å²) in [5, 5.41) is 80.6. The molecule has 2 saturated heterocycles. The third-order valence-electron chi connectivity index (χ3n) is 7.05. The van der Waals surface area contributed by atoms with Crippen LogP contribution in [0.15, 0.2) is 60.7 Å². The molecule has 10 atom stereocenters. The molecule has 0 radical (unpaired) electrons. The van der Waals surface area contributed by atoms with E-state index in [1.165, 1.54) is 30.3 Å². The highest BCUT2D eigenvalue weighted by Crippen LogP contribution is 2.31. The van der Waals surface area contributed by atoms with Gasteiger partial charge < -0.3 is 64.5 Å². The van der Waals surface area contributed by atoms with Crippen molar-refractivity contribution in [2.24, 2.45) is 0 Å². The van der Waals surface area contributed by atoms with Gasteiger partial charge in [-0.3, -0.25) is 0 Å². The number of hydrogen-bond acceptors (Lipinski definition) is 14. The van der Waals surface area contributed by atoms with Gasteiger partial charge in [0.1, 0.15) is 54.2 Å². The Hall–Kier alpha value is -3.41. The van der Waals surface area contributed by atoms with Gasteiger partial charge in [0.25, 0.3) is 0 Å². The predicted molar refractivity (Wildman–Crippen MR) is 151 cm³/mol. The number of hydrogen-bond donors (Lipinski definition) is 8. The minimum atomic E-state index is -1.84. The zero-order chi connectivity index (χ0) is 31.8. The van der Waals surface area contributed by atoms with Crippen molar-refractivity contribution in [3.63, 3.8) is 0 Å². The number of aromatic hydroxyl groups is 2. The number of phenols is 2. The Kier molecular flexibility index (Phi) is 11.8. The molecule has 2 aromatic carbocycles. The van der Waals surface area contributed by atoms with Gasteiger partial charge in [0.05, 0.1) is 19.8 Å². The van der Waals surface area contributed by atoms with Crippen LogP contribution in [-0.2, 0) is 28.5 Å². The SMILES string of the molecule is O=C(/C=C/c1ccc(O)cc1)O[C@H]1[C@H](O[C@@H]2O[C@H](CO)[C@@H](O)[C@H](O)[C@H]2O)[C@@H](O)[C@H](OC/C=C/c2ccc(O)cc2)O[C@@H]1CO. The van der Waals surface area contributed by atoms with Gasteiger partial charge in [-0.25, -0.2) is 4.79 Å². The van der Waals surface area contributed by atoms with Crippen LogP contribution in [0.25, 0.3) is 12.2 Å². The van der Waals surface area contributed by atoms with Gasteiger partial charge in [0.2, 0.25) is 0 Å². The normalized spacial score (nSPS) is 32.7. The number of ether oxygens (including phenoxy) is 5. The van der Waals surface area contributed by atoms with Crippen LogP contribution in [0.1, 0.15) is 11.1 Å².